The topological polar surface area (TPSA) is 47.9 Å². The van der Waals surface area contributed by atoms with Crippen LogP contribution in [0.15, 0.2) is 29.3 Å². The van der Waals surface area contributed by atoms with E-state index in [0.717, 1.165) is 5.69 Å². The van der Waals surface area contributed by atoms with Gasteiger partial charge in [0.15, 0.2) is 0 Å². The smallest absolute Gasteiger partial charge is 0.353 e. The van der Waals surface area contributed by atoms with E-state index in [-0.39, 0.29) is 0 Å². The summed E-state index contributed by atoms with van der Waals surface area (Å²) in [6.07, 6.45) is -0.713. The molecule has 1 atom stereocenters. The van der Waals surface area contributed by atoms with Gasteiger partial charge in [-0.2, -0.15) is 0 Å². The van der Waals surface area contributed by atoms with Gasteiger partial charge in [0.1, 0.15) is 11.4 Å². The van der Waals surface area contributed by atoms with Gasteiger partial charge in [-0.1, -0.05) is 12.1 Å². The van der Waals surface area contributed by atoms with E-state index in [0.29, 0.717) is 18.1 Å². The predicted molar refractivity (Wildman–Crippen MR) is 60.3 cm³/mol. The number of carbonyl (C=O) groups excluding carboxylic acids is 1. The minimum atomic E-state index is -0.713. The van der Waals surface area contributed by atoms with Gasteiger partial charge in [-0.05, 0) is 26.0 Å². The third kappa shape index (κ3) is 1.91. The Morgan fingerprint density at radius 2 is 2.25 bits per heavy atom. The van der Waals surface area contributed by atoms with Crippen LogP contribution in [0.3, 0.4) is 0 Å². The van der Waals surface area contributed by atoms with E-state index >= 15 is 0 Å². The summed E-state index contributed by atoms with van der Waals surface area (Å²) in [6, 6.07) is 7.36. The number of benzene rings is 1. The first kappa shape index (κ1) is 10.7. The number of hydrogen-bond donors (Lipinski definition) is 0. The van der Waals surface area contributed by atoms with Crippen molar-refractivity contribution in [2.24, 2.45) is 4.99 Å². The van der Waals surface area contributed by atoms with E-state index in [1.54, 1.807) is 19.9 Å². The highest BCUT2D eigenvalue weighted by Crippen LogP contribution is 2.32. The van der Waals surface area contributed by atoms with Crippen LogP contribution in [0.25, 0.3) is 0 Å². The number of ether oxygens (including phenoxy) is 2. The van der Waals surface area contributed by atoms with Crippen LogP contribution in [-0.4, -0.2) is 24.4 Å². The van der Waals surface area contributed by atoms with Crippen molar-refractivity contribution in [3.8, 4) is 5.75 Å². The average molecular weight is 219 g/mol. The van der Waals surface area contributed by atoms with Crippen LogP contribution in [0.4, 0.5) is 5.69 Å². The maximum absolute atomic E-state index is 11.6. The van der Waals surface area contributed by atoms with Gasteiger partial charge in [0, 0.05) is 0 Å². The molecule has 0 unspecified atom stereocenters. The van der Waals surface area contributed by atoms with E-state index in [2.05, 4.69) is 4.99 Å². The Morgan fingerprint density at radius 1 is 1.50 bits per heavy atom. The van der Waals surface area contributed by atoms with Crippen LogP contribution in [0, 0.1) is 0 Å². The zero-order chi connectivity index (χ0) is 11.5. The van der Waals surface area contributed by atoms with Crippen molar-refractivity contribution in [2.45, 2.75) is 20.0 Å². The van der Waals surface area contributed by atoms with E-state index < -0.39 is 12.1 Å². The molecule has 0 amide bonds. The molecule has 0 aromatic heterocycles. The lowest BCUT2D eigenvalue weighted by Gasteiger charge is -2.22. The van der Waals surface area contributed by atoms with Crippen molar-refractivity contribution in [1.29, 1.82) is 0 Å². The Bertz CT molecular complexity index is 440. The molecule has 1 aliphatic rings. The summed E-state index contributed by atoms with van der Waals surface area (Å²) >= 11 is 0. The molecule has 1 aromatic carbocycles. The molecule has 1 aliphatic heterocycles. The first-order valence-electron chi connectivity index (χ1n) is 5.20. The highest BCUT2D eigenvalue weighted by Gasteiger charge is 2.29. The molecule has 4 heteroatoms. The van der Waals surface area contributed by atoms with Gasteiger partial charge in [-0.25, -0.2) is 9.79 Å². The number of para-hydroxylation sites is 2. The Morgan fingerprint density at radius 3 is 3.00 bits per heavy atom. The molecular weight excluding hydrogens is 206 g/mol. The van der Waals surface area contributed by atoms with Crippen LogP contribution in [0.5, 0.6) is 5.75 Å². The summed E-state index contributed by atoms with van der Waals surface area (Å²) in [6.45, 7) is 3.87. The van der Waals surface area contributed by atoms with E-state index in [4.69, 9.17) is 9.47 Å². The predicted octanol–water partition coefficient (Wildman–Crippen LogP) is 2.10. The standard InChI is InChI=1S/C12H13NO3/c1-3-15-12(14)11-8(2)13-9-6-4-5-7-10(9)16-11/h4-7,11H,3H2,1-2H3/t11-/m0/s1. The van der Waals surface area contributed by atoms with Crippen molar-refractivity contribution < 1.29 is 14.3 Å². The second-order valence-corrected chi connectivity index (χ2v) is 3.47. The molecule has 0 spiro atoms. The minimum absolute atomic E-state index is 0.341. The van der Waals surface area contributed by atoms with Crippen LogP contribution in [-0.2, 0) is 9.53 Å². The molecule has 16 heavy (non-hydrogen) atoms. The summed E-state index contributed by atoms with van der Waals surface area (Å²) < 4.78 is 10.5. The average Bonchev–Trinajstić information content (AvgIpc) is 2.28. The van der Waals surface area contributed by atoms with Gasteiger partial charge in [0.05, 0.1) is 12.3 Å². The summed E-state index contributed by atoms with van der Waals surface area (Å²) in [7, 11) is 0. The Balaban J connectivity index is 2.26. The second kappa shape index (κ2) is 4.35. The minimum Gasteiger partial charge on any atom is -0.470 e. The molecule has 0 radical (unpaired) electrons. The number of hydrogen-bond acceptors (Lipinski definition) is 4. The Kier molecular flexibility index (Phi) is 2.90. The third-order valence-electron chi connectivity index (χ3n) is 2.29. The van der Waals surface area contributed by atoms with Crippen molar-refractivity contribution in [3.05, 3.63) is 24.3 Å². The molecule has 1 heterocycles. The van der Waals surface area contributed by atoms with Gasteiger partial charge in [-0.3, -0.25) is 0 Å². The van der Waals surface area contributed by atoms with Crippen LogP contribution < -0.4 is 4.74 Å². The van der Waals surface area contributed by atoms with Crippen LogP contribution in [0.2, 0.25) is 0 Å². The summed E-state index contributed by atoms with van der Waals surface area (Å²) in [4.78, 5) is 15.9. The first-order valence-corrected chi connectivity index (χ1v) is 5.20. The number of fused-ring (bicyclic) bond motifs is 1. The summed E-state index contributed by atoms with van der Waals surface area (Å²) in [5, 5.41) is 0. The Hall–Kier alpha value is -1.84. The maximum Gasteiger partial charge on any atom is 0.353 e. The number of aliphatic imine (C=N–C) groups is 1. The first-order chi connectivity index (χ1) is 7.72. The second-order valence-electron chi connectivity index (χ2n) is 3.47. The highest BCUT2D eigenvalue weighted by molar-refractivity contribution is 6.06. The van der Waals surface area contributed by atoms with Crippen LogP contribution in [0.1, 0.15) is 13.8 Å². The van der Waals surface area contributed by atoms with Crippen molar-refractivity contribution in [1.82, 2.24) is 0 Å². The van der Waals surface area contributed by atoms with Crippen molar-refractivity contribution >= 4 is 17.4 Å². The SMILES string of the molecule is CCOC(=O)[C@H]1Oc2ccccc2N=C1C. The normalized spacial score (nSPS) is 18.1. The maximum atomic E-state index is 11.6. The zero-order valence-electron chi connectivity index (χ0n) is 9.27. The largest absolute Gasteiger partial charge is 0.470 e. The van der Waals surface area contributed by atoms with Gasteiger partial charge >= 0.3 is 5.97 Å². The molecule has 0 saturated carbocycles. The number of rotatable bonds is 2. The lowest BCUT2D eigenvalue weighted by molar-refractivity contribution is -0.148. The fraction of sp³-hybridized carbons (Fsp3) is 0.333. The monoisotopic (exact) mass is 219 g/mol. The molecule has 1 aromatic rings. The van der Waals surface area contributed by atoms with Crippen molar-refractivity contribution in [2.75, 3.05) is 6.61 Å². The van der Waals surface area contributed by atoms with E-state index in [1.807, 2.05) is 18.2 Å². The van der Waals surface area contributed by atoms with Gasteiger partial charge in [-0.15, -0.1) is 0 Å². The van der Waals surface area contributed by atoms with E-state index in [1.165, 1.54) is 0 Å². The summed E-state index contributed by atoms with van der Waals surface area (Å²) in [5.74, 6) is 0.226. The quantitative estimate of drug-likeness (QED) is 0.716. The third-order valence-corrected chi connectivity index (χ3v) is 2.29. The number of nitrogens with zero attached hydrogens (tertiary/aromatic N) is 1. The van der Waals surface area contributed by atoms with Crippen molar-refractivity contribution in [3.63, 3.8) is 0 Å². The summed E-state index contributed by atoms with van der Waals surface area (Å²) in [5.41, 5.74) is 1.37. The zero-order valence-corrected chi connectivity index (χ0v) is 9.27. The molecule has 0 N–H and O–H groups in total. The Labute approximate surface area is 93.9 Å². The fourth-order valence-corrected chi connectivity index (χ4v) is 1.55. The number of esters is 1. The molecule has 0 bridgehead atoms. The fourth-order valence-electron chi connectivity index (χ4n) is 1.55. The molecule has 84 valence electrons. The van der Waals surface area contributed by atoms with Gasteiger partial charge in [0.25, 0.3) is 0 Å². The van der Waals surface area contributed by atoms with Gasteiger partial charge < -0.3 is 9.47 Å². The highest BCUT2D eigenvalue weighted by atomic mass is 16.6. The molecule has 4 nitrogen and oxygen atoms in total. The number of carbonyl (C=O) groups is 1. The molecule has 2 rings (SSSR count). The molecule has 0 saturated heterocycles. The molecule has 0 fully saturated rings. The molecule has 0 aliphatic carbocycles. The molecular formula is C12H13NO3. The van der Waals surface area contributed by atoms with Gasteiger partial charge in [0.2, 0.25) is 6.10 Å². The lowest BCUT2D eigenvalue weighted by atomic mass is 10.2. The van der Waals surface area contributed by atoms with Crippen LogP contribution >= 0.6 is 0 Å². The lowest BCUT2D eigenvalue weighted by Crippen LogP contribution is -2.37. The van der Waals surface area contributed by atoms with E-state index in [9.17, 15) is 4.79 Å².